The molecule has 5 nitrogen and oxygen atoms in total. The Kier molecular flexibility index (Phi) is 4.28. The molecule has 0 saturated heterocycles. The molecule has 3 N–H and O–H groups in total. The third-order valence-corrected chi connectivity index (χ3v) is 3.30. The Hall–Kier alpha value is -1.37. The van der Waals surface area contributed by atoms with E-state index in [4.69, 9.17) is 16.7 Å². The van der Waals surface area contributed by atoms with Gasteiger partial charge in [0.1, 0.15) is 4.90 Å². The second kappa shape index (κ2) is 5.31. The quantitative estimate of drug-likeness (QED) is 0.800. The molecule has 0 radical (unpaired) electrons. The summed E-state index contributed by atoms with van der Waals surface area (Å²) in [5.41, 5.74) is 0.167. The van der Waals surface area contributed by atoms with Crippen LogP contribution in [0.25, 0.3) is 0 Å². The second-order valence-electron chi connectivity index (χ2n) is 3.19. The molecule has 0 atom stereocenters. The molecule has 0 spiro atoms. The van der Waals surface area contributed by atoms with Crippen molar-refractivity contribution in [2.75, 3.05) is 6.54 Å². The van der Waals surface area contributed by atoms with E-state index in [9.17, 15) is 13.2 Å². The fourth-order valence-electron chi connectivity index (χ4n) is 1.13. The molecule has 0 fully saturated rings. The van der Waals surface area contributed by atoms with E-state index in [2.05, 4.69) is 11.9 Å². The molecule has 0 aromatic heterocycles. The van der Waals surface area contributed by atoms with Crippen LogP contribution in [0.5, 0.6) is 0 Å². The zero-order chi connectivity index (χ0) is 13.1. The minimum absolute atomic E-state index is 0.0206. The Bertz CT molecular complexity index is 555. The predicted octanol–water partition coefficient (Wildman–Crippen LogP) is 0.903. The molecule has 0 bridgehead atoms. The average molecular weight is 275 g/mol. The van der Waals surface area contributed by atoms with Gasteiger partial charge in [0.25, 0.3) is 5.91 Å². The average Bonchev–Trinajstić information content (AvgIpc) is 2.25. The Balaban J connectivity index is 3.13. The molecule has 1 aromatic carbocycles. The SMILES string of the molecule is C=CCNC(=O)c1ccc(Cl)c(S(N)(=O)=O)c1. The van der Waals surface area contributed by atoms with Gasteiger partial charge in [-0.3, -0.25) is 4.79 Å². The molecule has 92 valence electrons. The molecule has 0 unspecified atom stereocenters. The van der Waals surface area contributed by atoms with Crippen LogP contribution < -0.4 is 10.5 Å². The summed E-state index contributed by atoms with van der Waals surface area (Å²) in [6, 6.07) is 3.86. The highest BCUT2D eigenvalue weighted by atomic mass is 35.5. The van der Waals surface area contributed by atoms with Gasteiger partial charge in [-0.1, -0.05) is 17.7 Å². The van der Waals surface area contributed by atoms with Crippen molar-refractivity contribution in [3.05, 3.63) is 41.4 Å². The second-order valence-corrected chi connectivity index (χ2v) is 5.13. The lowest BCUT2D eigenvalue weighted by Crippen LogP contribution is -2.23. The van der Waals surface area contributed by atoms with E-state index in [0.29, 0.717) is 0 Å². The summed E-state index contributed by atoms with van der Waals surface area (Å²) in [4.78, 5) is 11.3. The van der Waals surface area contributed by atoms with Gasteiger partial charge in [-0.05, 0) is 18.2 Å². The van der Waals surface area contributed by atoms with E-state index in [1.54, 1.807) is 0 Å². The van der Waals surface area contributed by atoms with E-state index in [1.807, 2.05) is 0 Å². The highest BCUT2D eigenvalue weighted by molar-refractivity contribution is 7.89. The van der Waals surface area contributed by atoms with Gasteiger partial charge in [-0.2, -0.15) is 0 Å². The fourth-order valence-corrected chi connectivity index (χ4v) is 2.20. The van der Waals surface area contributed by atoms with Crippen LogP contribution in [0.1, 0.15) is 10.4 Å². The van der Waals surface area contributed by atoms with Gasteiger partial charge in [-0.15, -0.1) is 6.58 Å². The van der Waals surface area contributed by atoms with E-state index < -0.39 is 15.9 Å². The van der Waals surface area contributed by atoms with Crippen molar-refractivity contribution in [3.63, 3.8) is 0 Å². The first-order valence-electron chi connectivity index (χ1n) is 4.57. The van der Waals surface area contributed by atoms with Crippen molar-refractivity contribution in [1.29, 1.82) is 0 Å². The van der Waals surface area contributed by atoms with Gasteiger partial charge in [0.2, 0.25) is 10.0 Å². The van der Waals surface area contributed by atoms with Gasteiger partial charge >= 0.3 is 0 Å². The zero-order valence-corrected chi connectivity index (χ0v) is 10.4. The van der Waals surface area contributed by atoms with Crippen LogP contribution in [-0.2, 0) is 10.0 Å². The summed E-state index contributed by atoms with van der Waals surface area (Å²) >= 11 is 5.68. The van der Waals surface area contributed by atoms with Crippen LogP contribution in [0.2, 0.25) is 5.02 Å². The van der Waals surface area contributed by atoms with E-state index >= 15 is 0 Å². The third kappa shape index (κ3) is 3.55. The summed E-state index contributed by atoms with van der Waals surface area (Å²) in [6.07, 6.45) is 1.51. The van der Waals surface area contributed by atoms with Crippen LogP contribution in [0.15, 0.2) is 35.7 Å². The van der Waals surface area contributed by atoms with Crippen LogP contribution in [-0.4, -0.2) is 20.9 Å². The normalized spacial score (nSPS) is 10.9. The summed E-state index contributed by atoms with van der Waals surface area (Å²) in [5.74, 6) is -0.425. The first-order chi connectivity index (χ1) is 7.86. The largest absolute Gasteiger partial charge is 0.349 e. The first kappa shape index (κ1) is 13.7. The van der Waals surface area contributed by atoms with Crippen LogP contribution in [0.3, 0.4) is 0 Å². The number of hydrogen-bond acceptors (Lipinski definition) is 3. The number of rotatable bonds is 4. The number of carbonyl (C=O) groups excluding carboxylic acids is 1. The molecule has 17 heavy (non-hydrogen) atoms. The molecule has 0 aliphatic heterocycles. The number of halogens is 1. The lowest BCUT2D eigenvalue weighted by Gasteiger charge is -2.06. The standard InChI is InChI=1S/C10H11ClN2O3S/c1-2-5-13-10(14)7-3-4-8(11)9(6-7)17(12,15)16/h2-4,6H,1,5H2,(H,13,14)(H2,12,15,16). The van der Waals surface area contributed by atoms with E-state index in [-0.39, 0.29) is 22.0 Å². The monoisotopic (exact) mass is 274 g/mol. The van der Waals surface area contributed by atoms with Crippen molar-refractivity contribution >= 4 is 27.5 Å². The number of nitrogens with two attached hydrogens (primary N) is 1. The highest BCUT2D eigenvalue weighted by Gasteiger charge is 2.15. The first-order valence-corrected chi connectivity index (χ1v) is 6.50. The Morgan fingerprint density at radius 3 is 2.71 bits per heavy atom. The molecule has 7 heteroatoms. The van der Waals surface area contributed by atoms with Crippen molar-refractivity contribution < 1.29 is 13.2 Å². The maximum absolute atomic E-state index is 11.6. The Morgan fingerprint density at radius 1 is 1.53 bits per heavy atom. The molecular weight excluding hydrogens is 264 g/mol. The van der Waals surface area contributed by atoms with Crippen LogP contribution in [0, 0.1) is 0 Å². The number of sulfonamides is 1. The maximum atomic E-state index is 11.6. The number of primary sulfonamides is 1. The number of carbonyl (C=O) groups is 1. The molecular formula is C10H11ClN2O3S. The lowest BCUT2D eigenvalue weighted by atomic mass is 10.2. The van der Waals surface area contributed by atoms with Crippen molar-refractivity contribution in [2.24, 2.45) is 5.14 Å². The molecule has 0 saturated carbocycles. The lowest BCUT2D eigenvalue weighted by molar-refractivity contribution is 0.0958. The Morgan fingerprint density at radius 2 is 2.18 bits per heavy atom. The molecule has 1 aromatic rings. The minimum Gasteiger partial charge on any atom is -0.349 e. The van der Waals surface area contributed by atoms with Crippen molar-refractivity contribution in [2.45, 2.75) is 4.90 Å². The van der Waals surface area contributed by atoms with Crippen molar-refractivity contribution in [3.8, 4) is 0 Å². The number of hydrogen-bond donors (Lipinski definition) is 2. The Labute approximate surface area is 104 Å². The summed E-state index contributed by atoms with van der Waals surface area (Å²) in [5, 5.41) is 7.46. The highest BCUT2D eigenvalue weighted by Crippen LogP contribution is 2.21. The predicted molar refractivity (Wildman–Crippen MR) is 65.4 cm³/mol. The molecule has 0 aliphatic carbocycles. The third-order valence-electron chi connectivity index (χ3n) is 1.91. The number of amides is 1. The molecule has 0 heterocycles. The zero-order valence-electron chi connectivity index (χ0n) is 8.81. The van der Waals surface area contributed by atoms with E-state index in [0.717, 1.165) is 6.07 Å². The number of benzene rings is 1. The number of nitrogens with one attached hydrogen (secondary N) is 1. The molecule has 1 rings (SSSR count). The van der Waals surface area contributed by atoms with Crippen LogP contribution >= 0.6 is 11.6 Å². The van der Waals surface area contributed by atoms with E-state index in [1.165, 1.54) is 18.2 Å². The molecule has 0 aliphatic rings. The summed E-state index contributed by atoms with van der Waals surface area (Å²) < 4.78 is 22.4. The summed E-state index contributed by atoms with van der Waals surface area (Å²) in [6.45, 7) is 3.73. The van der Waals surface area contributed by atoms with Gasteiger partial charge in [0.15, 0.2) is 0 Å². The van der Waals surface area contributed by atoms with Crippen molar-refractivity contribution in [1.82, 2.24) is 5.32 Å². The van der Waals surface area contributed by atoms with Gasteiger partial charge in [-0.25, -0.2) is 13.6 Å². The topological polar surface area (TPSA) is 89.3 Å². The maximum Gasteiger partial charge on any atom is 0.251 e. The smallest absolute Gasteiger partial charge is 0.251 e. The van der Waals surface area contributed by atoms with Gasteiger partial charge in [0.05, 0.1) is 5.02 Å². The summed E-state index contributed by atoms with van der Waals surface area (Å²) in [7, 11) is -3.94. The van der Waals surface area contributed by atoms with Crippen LogP contribution in [0.4, 0.5) is 0 Å². The fraction of sp³-hybridized carbons (Fsp3) is 0.100. The molecule has 1 amide bonds. The minimum atomic E-state index is -3.94. The van der Waals surface area contributed by atoms with Gasteiger partial charge < -0.3 is 5.32 Å². The van der Waals surface area contributed by atoms with Gasteiger partial charge in [0, 0.05) is 12.1 Å².